The summed E-state index contributed by atoms with van der Waals surface area (Å²) >= 11 is 0. The van der Waals surface area contributed by atoms with Crippen LogP contribution in [0.25, 0.3) is 0 Å². The number of para-hydroxylation sites is 1. The number of hydrogen-bond donors (Lipinski definition) is 1. The fourth-order valence-corrected chi connectivity index (χ4v) is 1.48. The zero-order chi connectivity index (χ0) is 9.97. The molecule has 0 aliphatic carbocycles. The van der Waals surface area contributed by atoms with Gasteiger partial charge in [-0.3, -0.25) is 4.90 Å². The van der Waals surface area contributed by atoms with Crippen molar-refractivity contribution in [2.75, 3.05) is 11.4 Å². The standard InChI is InChI=1S/C11H12N2O/c1-9-7-8-13(11(14)12-9)10-5-3-2-4-6-10/h2-6H,1,7-8H2,(H,12,14). The summed E-state index contributed by atoms with van der Waals surface area (Å²) in [7, 11) is 0. The number of carbonyl (C=O) groups excluding carboxylic acids is 1. The van der Waals surface area contributed by atoms with E-state index in [1.54, 1.807) is 4.90 Å². The number of carbonyl (C=O) groups is 1. The third-order valence-electron chi connectivity index (χ3n) is 2.23. The second-order valence-corrected chi connectivity index (χ2v) is 3.27. The van der Waals surface area contributed by atoms with Gasteiger partial charge >= 0.3 is 6.03 Å². The molecular weight excluding hydrogens is 176 g/mol. The van der Waals surface area contributed by atoms with E-state index in [0.29, 0.717) is 6.54 Å². The van der Waals surface area contributed by atoms with E-state index in [9.17, 15) is 4.79 Å². The Morgan fingerprint density at radius 2 is 2.00 bits per heavy atom. The van der Waals surface area contributed by atoms with Crippen molar-refractivity contribution in [2.24, 2.45) is 0 Å². The molecule has 1 aliphatic heterocycles. The molecule has 2 amide bonds. The van der Waals surface area contributed by atoms with Crippen molar-refractivity contribution >= 4 is 11.7 Å². The highest BCUT2D eigenvalue weighted by Gasteiger charge is 2.20. The molecule has 1 aliphatic rings. The molecule has 0 radical (unpaired) electrons. The van der Waals surface area contributed by atoms with Crippen LogP contribution < -0.4 is 10.2 Å². The van der Waals surface area contributed by atoms with Crippen molar-refractivity contribution in [3.8, 4) is 0 Å². The lowest BCUT2D eigenvalue weighted by Crippen LogP contribution is -2.45. The molecule has 0 unspecified atom stereocenters. The molecule has 3 nitrogen and oxygen atoms in total. The van der Waals surface area contributed by atoms with Crippen LogP contribution in [-0.2, 0) is 0 Å². The quantitative estimate of drug-likeness (QED) is 0.719. The van der Waals surface area contributed by atoms with Gasteiger partial charge in [0.15, 0.2) is 0 Å². The Hall–Kier alpha value is -1.77. The van der Waals surface area contributed by atoms with Crippen LogP contribution in [0.15, 0.2) is 42.6 Å². The van der Waals surface area contributed by atoms with Crippen LogP contribution >= 0.6 is 0 Å². The molecule has 0 spiro atoms. The van der Waals surface area contributed by atoms with E-state index in [0.717, 1.165) is 17.8 Å². The Balaban J connectivity index is 2.20. The summed E-state index contributed by atoms with van der Waals surface area (Å²) in [6.07, 6.45) is 0.806. The minimum absolute atomic E-state index is 0.0903. The van der Waals surface area contributed by atoms with Crippen molar-refractivity contribution in [3.05, 3.63) is 42.6 Å². The molecular formula is C11H12N2O. The first-order valence-electron chi connectivity index (χ1n) is 4.59. The van der Waals surface area contributed by atoms with Crippen LogP contribution in [0.2, 0.25) is 0 Å². The Bertz CT molecular complexity index is 359. The Kier molecular flexibility index (Phi) is 2.23. The van der Waals surface area contributed by atoms with Crippen molar-refractivity contribution in [2.45, 2.75) is 6.42 Å². The number of nitrogens with one attached hydrogen (secondary N) is 1. The van der Waals surface area contributed by atoms with Gasteiger partial charge in [-0.2, -0.15) is 0 Å². The van der Waals surface area contributed by atoms with E-state index >= 15 is 0 Å². The molecule has 0 aromatic heterocycles. The largest absolute Gasteiger partial charge is 0.326 e. The highest BCUT2D eigenvalue weighted by molar-refractivity contribution is 5.93. The smallest absolute Gasteiger partial charge is 0.312 e. The number of urea groups is 1. The van der Waals surface area contributed by atoms with Gasteiger partial charge in [0.05, 0.1) is 0 Å². The molecule has 72 valence electrons. The van der Waals surface area contributed by atoms with Crippen molar-refractivity contribution in [1.82, 2.24) is 5.32 Å². The zero-order valence-electron chi connectivity index (χ0n) is 7.86. The van der Waals surface area contributed by atoms with E-state index in [1.807, 2.05) is 30.3 Å². The van der Waals surface area contributed by atoms with E-state index in [2.05, 4.69) is 11.9 Å². The lowest BCUT2D eigenvalue weighted by molar-refractivity contribution is 0.246. The fraction of sp³-hybridized carbons (Fsp3) is 0.182. The fourth-order valence-electron chi connectivity index (χ4n) is 1.48. The number of nitrogens with zero attached hydrogens (tertiary/aromatic N) is 1. The highest BCUT2D eigenvalue weighted by Crippen LogP contribution is 2.17. The van der Waals surface area contributed by atoms with Crippen molar-refractivity contribution in [3.63, 3.8) is 0 Å². The first-order chi connectivity index (χ1) is 6.77. The van der Waals surface area contributed by atoms with Crippen LogP contribution in [0.5, 0.6) is 0 Å². The number of hydrogen-bond acceptors (Lipinski definition) is 1. The van der Waals surface area contributed by atoms with Gasteiger partial charge in [0.25, 0.3) is 0 Å². The number of anilines is 1. The maximum atomic E-state index is 11.6. The summed E-state index contributed by atoms with van der Waals surface area (Å²) < 4.78 is 0. The van der Waals surface area contributed by atoms with Crippen LogP contribution in [0, 0.1) is 0 Å². The van der Waals surface area contributed by atoms with Gasteiger partial charge in [0.1, 0.15) is 0 Å². The van der Waals surface area contributed by atoms with E-state index in [-0.39, 0.29) is 6.03 Å². The van der Waals surface area contributed by atoms with Crippen LogP contribution in [0.1, 0.15) is 6.42 Å². The monoisotopic (exact) mass is 188 g/mol. The minimum atomic E-state index is -0.0903. The number of rotatable bonds is 1. The molecule has 3 heteroatoms. The molecule has 0 atom stereocenters. The Labute approximate surface area is 83.0 Å². The molecule has 14 heavy (non-hydrogen) atoms. The molecule has 1 aromatic rings. The predicted octanol–water partition coefficient (Wildman–Crippen LogP) is 2.12. The van der Waals surface area contributed by atoms with Gasteiger partial charge < -0.3 is 5.32 Å². The van der Waals surface area contributed by atoms with E-state index in [4.69, 9.17) is 0 Å². The molecule has 1 saturated heterocycles. The SMILES string of the molecule is C=C1CCN(c2ccccc2)C(=O)N1. The third-order valence-corrected chi connectivity index (χ3v) is 2.23. The maximum absolute atomic E-state index is 11.6. The van der Waals surface area contributed by atoms with E-state index < -0.39 is 0 Å². The molecule has 0 saturated carbocycles. The topological polar surface area (TPSA) is 32.3 Å². The van der Waals surface area contributed by atoms with Crippen molar-refractivity contribution < 1.29 is 4.79 Å². The normalized spacial score (nSPS) is 16.7. The van der Waals surface area contributed by atoms with Gasteiger partial charge in [-0.15, -0.1) is 0 Å². The second-order valence-electron chi connectivity index (χ2n) is 3.27. The first kappa shape index (κ1) is 8.81. The first-order valence-corrected chi connectivity index (χ1v) is 4.59. The van der Waals surface area contributed by atoms with Crippen LogP contribution in [0.3, 0.4) is 0 Å². The molecule has 1 heterocycles. The summed E-state index contributed by atoms with van der Waals surface area (Å²) in [5.74, 6) is 0. The Morgan fingerprint density at radius 1 is 1.29 bits per heavy atom. The van der Waals surface area contributed by atoms with Gasteiger partial charge in [-0.25, -0.2) is 4.79 Å². The zero-order valence-corrected chi connectivity index (χ0v) is 7.86. The molecule has 1 fully saturated rings. The van der Waals surface area contributed by atoms with Crippen LogP contribution in [0.4, 0.5) is 10.5 Å². The number of amides is 2. The average Bonchev–Trinajstić information content (AvgIpc) is 2.19. The molecule has 1 N–H and O–H groups in total. The minimum Gasteiger partial charge on any atom is -0.312 e. The summed E-state index contributed by atoms with van der Waals surface area (Å²) in [5.41, 5.74) is 1.72. The van der Waals surface area contributed by atoms with Gasteiger partial charge in [0.2, 0.25) is 0 Å². The number of benzene rings is 1. The summed E-state index contributed by atoms with van der Waals surface area (Å²) in [5, 5.41) is 2.72. The lowest BCUT2D eigenvalue weighted by atomic mass is 10.2. The third kappa shape index (κ3) is 1.62. The van der Waals surface area contributed by atoms with Gasteiger partial charge in [-0.05, 0) is 12.1 Å². The summed E-state index contributed by atoms with van der Waals surface area (Å²) in [4.78, 5) is 13.3. The van der Waals surface area contributed by atoms with Crippen molar-refractivity contribution in [1.29, 1.82) is 0 Å². The second kappa shape index (κ2) is 3.54. The van der Waals surface area contributed by atoms with Gasteiger partial charge in [-0.1, -0.05) is 24.8 Å². The molecule has 1 aromatic carbocycles. The predicted molar refractivity (Wildman–Crippen MR) is 56.1 cm³/mol. The van der Waals surface area contributed by atoms with Gasteiger partial charge in [0, 0.05) is 24.4 Å². The summed E-state index contributed by atoms with van der Waals surface area (Å²) in [6.45, 7) is 4.44. The highest BCUT2D eigenvalue weighted by atomic mass is 16.2. The average molecular weight is 188 g/mol. The molecule has 2 rings (SSSR count). The summed E-state index contributed by atoms with van der Waals surface area (Å²) in [6, 6.07) is 9.54. The van der Waals surface area contributed by atoms with E-state index in [1.165, 1.54) is 0 Å². The Morgan fingerprint density at radius 3 is 2.64 bits per heavy atom. The lowest BCUT2D eigenvalue weighted by Gasteiger charge is -2.28. The van der Waals surface area contributed by atoms with Crippen LogP contribution in [-0.4, -0.2) is 12.6 Å². The molecule has 0 bridgehead atoms. The maximum Gasteiger partial charge on any atom is 0.326 e.